The summed E-state index contributed by atoms with van der Waals surface area (Å²) in [6, 6.07) is 11.9. The number of aryl methyl sites for hydroxylation is 1. The summed E-state index contributed by atoms with van der Waals surface area (Å²) < 4.78 is 19.1. The molecule has 8 heteroatoms. The predicted molar refractivity (Wildman–Crippen MR) is 123 cm³/mol. The van der Waals surface area contributed by atoms with Gasteiger partial charge in [0.05, 0.1) is 12.8 Å². The molecule has 32 heavy (non-hydrogen) atoms. The first-order chi connectivity index (χ1) is 15.5. The average Bonchev–Trinajstić information content (AvgIpc) is 2.82. The molecular weight excluding hydrogens is 409 g/mol. The summed E-state index contributed by atoms with van der Waals surface area (Å²) in [5.74, 6) is 0.921. The molecule has 2 aromatic carbocycles. The Morgan fingerprint density at radius 1 is 1.06 bits per heavy atom. The molecule has 0 atom stereocenters. The van der Waals surface area contributed by atoms with Crippen LogP contribution in [0.4, 0.5) is 20.7 Å². The number of carbonyl (C=O) groups excluding carboxylic acids is 1. The molecule has 166 valence electrons. The summed E-state index contributed by atoms with van der Waals surface area (Å²) in [4.78, 5) is 25.3. The van der Waals surface area contributed by atoms with E-state index in [-0.39, 0.29) is 11.8 Å². The molecule has 4 rings (SSSR count). The Hall–Kier alpha value is -3.68. The first kappa shape index (κ1) is 21.5. The second-order valence-corrected chi connectivity index (χ2v) is 7.76. The molecule has 3 aromatic rings. The van der Waals surface area contributed by atoms with Crippen molar-refractivity contribution in [3.8, 4) is 17.0 Å². The fourth-order valence-corrected chi connectivity index (χ4v) is 3.77. The number of urea groups is 1. The van der Waals surface area contributed by atoms with Crippen molar-refractivity contribution in [1.82, 2.24) is 14.9 Å². The molecule has 1 saturated heterocycles. The van der Waals surface area contributed by atoms with Crippen LogP contribution in [0.25, 0.3) is 11.3 Å². The van der Waals surface area contributed by atoms with E-state index in [2.05, 4.69) is 20.2 Å². The largest absolute Gasteiger partial charge is 0.496 e. The molecule has 1 aliphatic rings. The van der Waals surface area contributed by atoms with E-state index in [1.807, 2.05) is 38.1 Å². The van der Waals surface area contributed by atoms with Gasteiger partial charge in [-0.1, -0.05) is 12.1 Å². The number of nitrogens with one attached hydrogen (secondary N) is 1. The monoisotopic (exact) mass is 435 g/mol. The third kappa shape index (κ3) is 4.49. The van der Waals surface area contributed by atoms with Crippen LogP contribution in [0.1, 0.15) is 11.1 Å². The maximum Gasteiger partial charge on any atom is 0.321 e. The number of halogens is 1. The van der Waals surface area contributed by atoms with E-state index in [0.717, 1.165) is 22.6 Å². The third-order valence-electron chi connectivity index (χ3n) is 5.83. The van der Waals surface area contributed by atoms with Crippen molar-refractivity contribution in [3.05, 3.63) is 65.7 Å². The van der Waals surface area contributed by atoms with Gasteiger partial charge in [0.1, 0.15) is 23.7 Å². The molecular formula is C24H26FN5O2. The van der Waals surface area contributed by atoms with Crippen LogP contribution >= 0.6 is 0 Å². The summed E-state index contributed by atoms with van der Waals surface area (Å²) in [5, 5.41) is 3.02. The van der Waals surface area contributed by atoms with Crippen molar-refractivity contribution in [2.75, 3.05) is 43.5 Å². The van der Waals surface area contributed by atoms with Crippen LogP contribution in [0.3, 0.4) is 0 Å². The quantitative estimate of drug-likeness (QED) is 0.663. The summed E-state index contributed by atoms with van der Waals surface area (Å²) >= 11 is 0. The number of hydrogen-bond acceptors (Lipinski definition) is 5. The lowest BCUT2D eigenvalue weighted by molar-refractivity contribution is 0.208. The summed E-state index contributed by atoms with van der Waals surface area (Å²) in [6.45, 7) is 6.44. The van der Waals surface area contributed by atoms with E-state index in [1.54, 1.807) is 18.1 Å². The molecule has 2 heterocycles. The van der Waals surface area contributed by atoms with Gasteiger partial charge in [0.25, 0.3) is 0 Å². The average molecular weight is 436 g/mol. The van der Waals surface area contributed by atoms with E-state index in [1.165, 1.54) is 18.5 Å². The molecule has 0 spiro atoms. The number of rotatable bonds is 4. The maximum absolute atomic E-state index is 13.8. The summed E-state index contributed by atoms with van der Waals surface area (Å²) in [7, 11) is 1.54. The second-order valence-electron chi connectivity index (χ2n) is 7.76. The van der Waals surface area contributed by atoms with Crippen molar-refractivity contribution >= 4 is 17.5 Å². The van der Waals surface area contributed by atoms with E-state index in [9.17, 15) is 9.18 Å². The SMILES string of the molecule is COc1ccc(F)cc1-c1cc(N2CCN(C(=O)Nc3cccc(C)c3C)CC2)ncn1. The standard InChI is InChI=1S/C24H26FN5O2/c1-16-5-4-6-20(17(16)2)28-24(31)30-11-9-29(10-12-30)23-14-21(26-15-27-23)19-13-18(25)7-8-22(19)32-3/h4-8,13-15H,9-12H2,1-3H3,(H,28,31). The van der Waals surface area contributed by atoms with Crippen molar-refractivity contribution in [1.29, 1.82) is 0 Å². The maximum atomic E-state index is 13.8. The van der Waals surface area contributed by atoms with Gasteiger partial charge in [-0.25, -0.2) is 19.2 Å². The van der Waals surface area contributed by atoms with Crippen molar-refractivity contribution < 1.29 is 13.9 Å². The highest BCUT2D eigenvalue weighted by molar-refractivity contribution is 5.90. The van der Waals surface area contributed by atoms with Gasteiger partial charge in [0.2, 0.25) is 0 Å². The smallest absolute Gasteiger partial charge is 0.321 e. The van der Waals surface area contributed by atoms with Gasteiger partial charge in [-0.3, -0.25) is 0 Å². The van der Waals surface area contributed by atoms with Gasteiger partial charge in [-0.05, 0) is 49.2 Å². The number of nitrogens with zero attached hydrogens (tertiary/aromatic N) is 4. The number of benzene rings is 2. The second kappa shape index (κ2) is 9.21. The lowest BCUT2D eigenvalue weighted by atomic mass is 10.1. The molecule has 1 aliphatic heterocycles. The lowest BCUT2D eigenvalue weighted by Crippen LogP contribution is -2.50. The lowest BCUT2D eigenvalue weighted by Gasteiger charge is -2.35. The van der Waals surface area contributed by atoms with E-state index in [0.29, 0.717) is 43.2 Å². The molecule has 2 amide bonds. The highest BCUT2D eigenvalue weighted by Gasteiger charge is 2.23. The number of hydrogen-bond donors (Lipinski definition) is 1. The first-order valence-electron chi connectivity index (χ1n) is 10.5. The molecule has 0 aliphatic carbocycles. The summed E-state index contributed by atoms with van der Waals surface area (Å²) in [5.41, 5.74) is 4.20. The van der Waals surface area contributed by atoms with Gasteiger partial charge in [0.15, 0.2) is 0 Å². The molecule has 0 bridgehead atoms. The number of anilines is 2. The van der Waals surface area contributed by atoms with E-state index >= 15 is 0 Å². The highest BCUT2D eigenvalue weighted by Crippen LogP contribution is 2.30. The van der Waals surface area contributed by atoms with Crippen LogP contribution in [0.5, 0.6) is 5.75 Å². The topological polar surface area (TPSA) is 70.6 Å². The van der Waals surface area contributed by atoms with Crippen LogP contribution in [0.2, 0.25) is 0 Å². The molecule has 1 aromatic heterocycles. The Kier molecular flexibility index (Phi) is 6.20. The number of carbonyl (C=O) groups is 1. The number of piperazine rings is 1. The predicted octanol–water partition coefficient (Wildman–Crippen LogP) is 4.26. The fraction of sp³-hybridized carbons (Fsp3) is 0.292. The molecule has 0 saturated carbocycles. The van der Waals surface area contributed by atoms with E-state index in [4.69, 9.17) is 4.74 Å². The zero-order chi connectivity index (χ0) is 22.7. The molecule has 0 radical (unpaired) electrons. The van der Waals surface area contributed by atoms with Crippen LogP contribution in [0, 0.1) is 19.7 Å². The molecule has 1 fully saturated rings. The number of amides is 2. The third-order valence-corrected chi connectivity index (χ3v) is 5.83. The number of aromatic nitrogens is 2. The first-order valence-corrected chi connectivity index (χ1v) is 10.5. The van der Waals surface area contributed by atoms with Gasteiger partial charge in [0, 0.05) is 43.5 Å². The van der Waals surface area contributed by atoms with Gasteiger partial charge < -0.3 is 19.9 Å². The normalized spacial score (nSPS) is 13.8. The van der Waals surface area contributed by atoms with Crippen molar-refractivity contribution in [2.24, 2.45) is 0 Å². The number of methoxy groups -OCH3 is 1. The van der Waals surface area contributed by atoms with E-state index < -0.39 is 0 Å². The van der Waals surface area contributed by atoms with Crippen LogP contribution in [-0.4, -0.2) is 54.2 Å². The minimum atomic E-state index is -0.357. The highest BCUT2D eigenvalue weighted by atomic mass is 19.1. The zero-order valence-electron chi connectivity index (χ0n) is 18.4. The Balaban J connectivity index is 1.44. The molecule has 1 N–H and O–H groups in total. The van der Waals surface area contributed by atoms with Gasteiger partial charge in [-0.15, -0.1) is 0 Å². The van der Waals surface area contributed by atoms with Crippen LogP contribution in [-0.2, 0) is 0 Å². The molecule has 0 unspecified atom stereocenters. The van der Waals surface area contributed by atoms with Gasteiger partial charge in [-0.2, -0.15) is 0 Å². The number of ether oxygens (including phenoxy) is 1. The summed E-state index contributed by atoms with van der Waals surface area (Å²) in [6.07, 6.45) is 1.47. The minimum Gasteiger partial charge on any atom is -0.496 e. The Labute approximate surface area is 186 Å². The Morgan fingerprint density at radius 3 is 2.59 bits per heavy atom. The Morgan fingerprint density at radius 2 is 1.84 bits per heavy atom. The van der Waals surface area contributed by atoms with Crippen LogP contribution < -0.4 is 15.0 Å². The Bertz CT molecular complexity index is 1130. The minimum absolute atomic E-state index is 0.105. The van der Waals surface area contributed by atoms with Crippen molar-refractivity contribution in [3.63, 3.8) is 0 Å². The zero-order valence-corrected chi connectivity index (χ0v) is 18.4. The van der Waals surface area contributed by atoms with Crippen LogP contribution in [0.15, 0.2) is 48.8 Å². The molecule has 7 nitrogen and oxygen atoms in total. The fourth-order valence-electron chi connectivity index (χ4n) is 3.77. The van der Waals surface area contributed by atoms with Gasteiger partial charge >= 0.3 is 6.03 Å². The van der Waals surface area contributed by atoms with Crippen molar-refractivity contribution in [2.45, 2.75) is 13.8 Å².